The van der Waals surface area contributed by atoms with Gasteiger partial charge in [0.1, 0.15) is 37.1 Å². The minimum absolute atomic E-state index is 0.0904. The van der Waals surface area contributed by atoms with Gasteiger partial charge in [-0.1, -0.05) is 168 Å². The molecular weight excluding hydrogens is 1000 g/mol. The third kappa shape index (κ3) is 30.5. The number of aliphatic hydroxyl groups excluding tert-OH is 6. The lowest BCUT2D eigenvalue weighted by molar-refractivity contribution is -0.252. The van der Waals surface area contributed by atoms with Crippen LogP contribution < -0.4 is 15.5 Å². The molecule has 8 N–H and O–H groups in total. The van der Waals surface area contributed by atoms with Crippen LogP contribution in [0.3, 0.4) is 0 Å². The molecule has 75 heavy (non-hydrogen) atoms. The van der Waals surface area contributed by atoms with Gasteiger partial charge in [0.2, 0.25) is 5.91 Å². The minimum atomic E-state index is -5.10. The molecule has 2 aliphatic heterocycles. The summed E-state index contributed by atoms with van der Waals surface area (Å²) in [6.45, 7) is 1.80. The number of unbranched alkanes of at least 4 members (excludes halogenated alkanes) is 24. The smallest absolute Gasteiger partial charge is 0.306 e. The Morgan fingerprint density at radius 1 is 0.600 bits per heavy atom. The Kier molecular flexibility index (Phi) is 38.2. The van der Waals surface area contributed by atoms with Gasteiger partial charge in [-0.15, -0.1) is 0 Å². The van der Waals surface area contributed by atoms with E-state index in [0.29, 0.717) is 12.8 Å². The quantitative estimate of drug-likeness (QED) is 0.0224. The zero-order valence-corrected chi connectivity index (χ0v) is 46.4. The number of amides is 2. The van der Waals surface area contributed by atoms with Crippen molar-refractivity contribution in [3.8, 4) is 0 Å². The van der Waals surface area contributed by atoms with Gasteiger partial charge in [-0.25, -0.2) is 0 Å². The van der Waals surface area contributed by atoms with Crippen molar-refractivity contribution >= 4 is 31.6 Å². The summed E-state index contributed by atoms with van der Waals surface area (Å²) in [4.78, 5) is 63.2. The van der Waals surface area contributed by atoms with E-state index in [9.17, 15) is 59.3 Å². The Hall–Kier alpha value is -2.37. The van der Waals surface area contributed by atoms with Crippen molar-refractivity contribution in [2.75, 3.05) is 46.2 Å². The molecule has 0 aliphatic carbocycles. The average Bonchev–Trinajstić information content (AvgIpc) is 3.37. The Balaban J connectivity index is 1.84. The number of hydrogen-bond acceptors (Lipinski definition) is 19. The molecular formula is C53H98N2O19P-. The number of ether oxygens (including phenoxy) is 5. The topological polar surface area (TPSA) is 318 Å². The normalized spacial score (nSPS) is 25.0. The SMILES string of the molecule is CCCCCCCCCCCCCCCC(=O)OCC(COP(=O)([O-])OCCNC(=O)C1O[C@@H](COC[C@H]2C(NC(C)=O)[C@H](O)OC(CO)[C@H]2O)C(O)[C@H](O)[C@@H]1O)OC(=O)CCCCCCCCCCCCCCC. The summed E-state index contributed by atoms with van der Waals surface area (Å²) in [6, 6.07) is -1.16. The van der Waals surface area contributed by atoms with E-state index in [1.165, 1.54) is 116 Å². The molecule has 2 saturated heterocycles. The highest BCUT2D eigenvalue weighted by Crippen LogP contribution is 2.38. The highest BCUT2D eigenvalue weighted by molar-refractivity contribution is 7.45. The van der Waals surface area contributed by atoms with Crippen molar-refractivity contribution in [2.45, 2.75) is 262 Å². The number of phosphoric acid groups is 1. The highest BCUT2D eigenvalue weighted by atomic mass is 31.2. The van der Waals surface area contributed by atoms with Gasteiger partial charge in [-0.2, -0.15) is 0 Å². The molecule has 440 valence electrons. The van der Waals surface area contributed by atoms with Crippen molar-refractivity contribution in [3.05, 3.63) is 0 Å². The molecule has 12 atom stereocenters. The molecule has 2 rings (SSSR count). The highest BCUT2D eigenvalue weighted by Gasteiger charge is 2.48. The molecule has 2 heterocycles. The molecule has 0 radical (unpaired) electrons. The number of phosphoric ester groups is 1. The second-order valence-electron chi connectivity index (χ2n) is 20.4. The summed E-state index contributed by atoms with van der Waals surface area (Å²) in [5, 5.41) is 67.2. The molecule has 2 fully saturated rings. The maximum atomic E-state index is 13.1. The van der Waals surface area contributed by atoms with Crippen LogP contribution in [0.25, 0.3) is 0 Å². The van der Waals surface area contributed by atoms with Crippen LogP contribution in [0.4, 0.5) is 0 Å². The zero-order valence-electron chi connectivity index (χ0n) is 45.5. The predicted molar refractivity (Wildman–Crippen MR) is 277 cm³/mol. The lowest BCUT2D eigenvalue weighted by Gasteiger charge is -2.43. The first-order valence-electron chi connectivity index (χ1n) is 28.4. The number of esters is 2. The molecule has 21 nitrogen and oxygen atoms in total. The number of rotatable bonds is 45. The Morgan fingerprint density at radius 2 is 1.09 bits per heavy atom. The second kappa shape index (κ2) is 41.6. The standard InChI is InChI=1S/C53H99N2O19P/c1-4-6-8-10-12-14-16-18-20-22-24-26-28-30-44(58)69-35-40(72-45(59)31-29-27-25-23-21-19-17-15-13-11-9-7-5-2)36-71-75(66,67)70-33-32-54-52(64)51-50(63)49(62)48(61)43(73-51)38-68-37-41-46(55-39(3)57)53(65)74-42(34-56)47(41)60/h40-43,46-51,53,56,60-63,65H,4-38H2,1-3H3,(H,54,64)(H,55,57)(H,66,67)/p-1/t40?,41-,42?,43-,46?,47-,48?,49-,50-,51?,53+/m0/s1. The molecule has 6 unspecified atom stereocenters. The molecule has 0 aromatic heterocycles. The van der Waals surface area contributed by atoms with Crippen molar-refractivity contribution in [2.24, 2.45) is 5.92 Å². The van der Waals surface area contributed by atoms with Crippen LogP contribution in [-0.4, -0.2) is 162 Å². The van der Waals surface area contributed by atoms with E-state index in [1.54, 1.807) is 0 Å². The first-order valence-corrected chi connectivity index (χ1v) is 29.9. The largest absolute Gasteiger partial charge is 0.756 e. The third-order valence-corrected chi connectivity index (χ3v) is 14.7. The summed E-state index contributed by atoms with van der Waals surface area (Å²) in [6.07, 6.45) is 15.8. The van der Waals surface area contributed by atoms with Crippen molar-refractivity contribution in [1.82, 2.24) is 10.6 Å². The molecule has 0 aromatic rings. The molecule has 0 spiro atoms. The molecule has 0 saturated carbocycles. The van der Waals surface area contributed by atoms with E-state index in [-0.39, 0.29) is 19.4 Å². The fraction of sp³-hybridized carbons (Fsp3) is 0.925. The van der Waals surface area contributed by atoms with Crippen LogP contribution in [0.1, 0.15) is 201 Å². The number of aliphatic hydroxyl groups is 6. The van der Waals surface area contributed by atoms with Gasteiger partial charge >= 0.3 is 11.9 Å². The first-order chi connectivity index (χ1) is 36.0. The van der Waals surface area contributed by atoms with E-state index in [0.717, 1.165) is 44.9 Å². The monoisotopic (exact) mass is 1100 g/mol. The van der Waals surface area contributed by atoms with Gasteiger partial charge in [0.25, 0.3) is 13.7 Å². The number of nitrogens with one attached hydrogen (secondary N) is 2. The van der Waals surface area contributed by atoms with Crippen molar-refractivity contribution in [3.63, 3.8) is 0 Å². The molecule has 22 heteroatoms. The van der Waals surface area contributed by atoms with Gasteiger partial charge in [0, 0.05) is 32.2 Å². The van der Waals surface area contributed by atoms with E-state index in [2.05, 4.69) is 24.5 Å². The van der Waals surface area contributed by atoms with Crippen molar-refractivity contribution in [1.29, 1.82) is 0 Å². The van der Waals surface area contributed by atoms with Crippen molar-refractivity contribution < 1.29 is 92.0 Å². The Bertz CT molecular complexity index is 1570. The van der Waals surface area contributed by atoms with Gasteiger partial charge in [0.15, 0.2) is 18.5 Å². The van der Waals surface area contributed by atoms with Gasteiger partial charge in [-0.05, 0) is 12.8 Å². The minimum Gasteiger partial charge on any atom is -0.756 e. The van der Waals surface area contributed by atoms with E-state index < -0.39 is 138 Å². The van der Waals surface area contributed by atoms with Gasteiger partial charge in [0.05, 0.1) is 45.2 Å². The average molecular weight is 1100 g/mol. The van der Waals surface area contributed by atoms with Crippen LogP contribution >= 0.6 is 7.82 Å². The van der Waals surface area contributed by atoms with Gasteiger partial charge in [-0.3, -0.25) is 23.7 Å². The van der Waals surface area contributed by atoms with Gasteiger partial charge < -0.3 is 78.9 Å². The first kappa shape index (κ1) is 68.7. The Labute approximate surface area is 446 Å². The fourth-order valence-electron chi connectivity index (χ4n) is 9.27. The zero-order chi connectivity index (χ0) is 55.3. The Morgan fingerprint density at radius 3 is 1.59 bits per heavy atom. The summed E-state index contributed by atoms with van der Waals surface area (Å²) in [7, 11) is -5.10. The third-order valence-electron chi connectivity index (χ3n) is 13.8. The van der Waals surface area contributed by atoms with E-state index >= 15 is 0 Å². The lowest BCUT2D eigenvalue weighted by Crippen LogP contribution is -2.63. The molecule has 0 bridgehead atoms. The molecule has 2 aliphatic rings. The van der Waals surface area contributed by atoms with Crippen LogP contribution in [-0.2, 0) is 56.5 Å². The number of hydrogen-bond donors (Lipinski definition) is 8. The summed E-state index contributed by atoms with van der Waals surface area (Å²) in [5.41, 5.74) is 0. The summed E-state index contributed by atoms with van der Waals surface area (Å²) in [5.74, 6) is -3.69. The second-order valence-corrected chi connectivity index (χ2v) is 21.8. The van der Waals surface area contributed by atoms with E-state index in [4.69, 9.17) is 32.7 Å². The lowest BCUT2D eigenvalue weighted by atomic mass is 9.87. The fourth-order valence-corrected chi connectivity index (χ4v) is 10.0. The van der Waals surface area contributed by atoms with Crippen LogP contribution in [0.15, 0.2) is 0 Å². The molecule has 0 aromatic carbocycles. The summed E-state index contributed by atoms with van der Waals surface area (Å²) >= 11 is 0. The van der Waals surface area contributed by atoms with Crippen LogP contribution in [0, 0.1) is 5.92 Å². The molecule has 2 amide bonds. The van der Waals surface area contributed by atoms with Crippen LogP contribution in [0.2, 0.25) is 0 Å². The van der Waals surface area contributed by atoms with E-state index in [1.807, 2.05) is 0 Å². The maximum absolute atomic E-state index is 13.1. The maximum Gasteiger partial charge on any atom is 0.306 e. The number of carbonyl (C=O) groups excluding carboxylic acids is 4. The number of carbonyl (C=O) groups is 4. The van der Waals surface area contributed by atoms with Crippen LogP contribution in [0.5, 0.6) is 0 Å². The summed E-state index contributed by atoms with van der Waals surface area (Å²) < 4.78 is 50.1. The predicted octanol–water partition coefficient (Wildman–Crippen LogP) is 5.08.